The molecule has 0 unspecified atom stereocenters. The lowest BCUT2D eigenvalue weighted by atomic mass is 10.0. The third-order valence-corrected chi connectivity index (χ3v) is 4.86. The highest BCUT2D eigenvalue weighted by molar-refractivity contribution is 6.09. The average Bonchev–Trinajstić information content (AvgIpc) is 2.88. The monoisotopic (exact) mass is 313 g/mol. The van der Waals surface area contributed by atoms with Gasteiger partial charge < -0.3 is 4.57 Å². The van der Waals surface area contributed by atoms with Gasteiger partial charge >= 0.3 is 0 Å². The van der Waals surface area contributed by atoms with Gasteiger partial charge in [0, 0.05) is 27.8 Å². The normalized spacial score (nSPS) is 11.7. The summed E-state index contributed by atoms with van der Waals surface area (Å²) < 4.78 is 2.45. The molecule has 0 bridgehead atoms. The Morgan fingerprint density at radius 3 is 1.83 bits per heavy atom. The number of aryl methyl sites for hydroxylation is 2. The van der Waals surface area contributed by atoms with Crippen LogP contribution in [0.25, 0.3) is 32.9 Å². The van der Waals surface area contributed by atoms with Crippen molar-refractivity contribution in [1.29, 1.82) is 0 Å². The molecule has 0 aliphatic heterocycles. The minimum atomic E-state index is 0.443. The molecule has 1 heteroatoms. The largest absolute Gasteiger partial charge is 0.338 e. The molecular formula is C23H23N. The number of nitrogens with zero attached hydrogens (tertiary/aromatic N) is 1. The summed E-state index contributed by atoms with van der Waals surface area (Å²) in [5, 5.41) is 2.70. The summed E-state index contributed by atoms with van der Waals surface area (Å²) in [6.07, 6.45) is 0. The van der Waals surface area contributed by atoms with Gasteiger partial charge in [-0.25, -0.2) is 0 Å². The molecule has 0 spiro atoms. The zero-order valence-electron chi connectivity index (χ0n) is 14.8. The van der Waals surface area contributed by atoms with Crippen LogP contribution in [0.4, 0.5) is 0 Å². The van der Waals surface area contributed by atoms with Crippen molar-refractivity contribution >= 4 is 21.8 Å². The van der Waals surface area contributed by atoms with E-state index < -0.39 is 0 Å². The van der Waals surface area contributed by atoms with E-state index in [9.17, 15) is 0 Å². The predicted octanol–water partition coefficient (Wildman–Crippen LogP) is 6.66. The highest BCUT2D eigenvalue weighted by Gasteiger charge is 2.13. The number of benzene rings is 3. The molecule has 0 saturated heterocycles. The summed E-state index contributed by atoms with van der Waals surface area (Å²) in [7, 11) is 0. The molecule has 24 heavy (non-hydrogen) atoms. The average molecular weight is 313 g/mol. The molecule has 4 rings (SSSR count). The van der Waals surface area contributed by atoms with Crippen LogP contribution in [0.1, 0.15) is 31.0 Å². The van der Waals surface area contributed by atoms with E-state index in [1.165, 1.54) is 44.1 Å². The Kier molecular flexibility index (Phi) is 3.45. The zero-order chi connectivity index (χ0) is 16.8. The highest BCUT2D eigenvalue weighted by Crippen LogP contribution is 2.35. The maximum absolute atomic E-state index is 2.45. The van der Waals surface area contributed by atoms with Crippen LogP contribution in [0.5, 0.6) is 0 Å². The first-order valence-electron chi connectivity index (χ1n) is 8.66. The van der Waals surface area contributed by atoms with Gasteiger partial charge in [-0.15, -0.1) is 0 Å². The topological polar surface area (TPSA) is 4.93 Å². The van der Waals surface area contributed by atoms with Crippen LogP contribution >= 0.6 is 0 Å². The fourth-order valence-corrected chi connectivity index (χ4v) is 3.65. The van der Waals surface area contributed by atoms with Crippen LogP contribution in [0.3, 0.4) is 0 Å². The molecular weight excluding hydrogens is 290 g/mol. The van der Waals surface area contributed by atoms with Gasteiger partial charge in [-0.3, -0.25) is 0 Å². The molecule has 0 amide bonds. The van der Waals surface area contributed by atoms with Crippen molar-refractivity contribution in [2.45, 2.75) is 33.7 Å². The molecule has 0 atom stereocenters. The molecule has 1 nitrogen and oxygen atoms in total. The molecule has 4 aromatic rings. The number of fused-ring (bicyclic) bond motifs is 3. The van der Waals surface area contributed by atoms with Gasteiger partial charge in [0.25, 0.3) is 0 Å². The first-order chi connectivity index (χ1) is 11.5. The second kappa shape index (κ2) is 5.52. The molecule has 0 radical (unpaired) electrons. The van der Waals surface area contributed by atoms with Crippen LogP contribution in [0.15, 0.2) is 60.7 Å². The van der Waals surface area contributed by atoms with Gasteiger partial charge in [-0.1, -0.05) is 47.5 Å². The van der Waals surface area contributed by atoms with Crippen molar-refractivity contribution in [2.24, 2.45) is 0 Å². The van der Waals surface area contributed by atoms with Crippen molar-refractivity contribution in [1.82, 2.24) is 4.57 Å². The van der Waals surface area contributed by atoms with Crippen LogP contribution in [-0.4, -0.2) is 4.57 Å². The Labute approximate surface area is 143 Å². The second-order valence-corrected chi connectivity index (χ2v) is 7.08. The molecule has 1 aromatic heterocycles. The molecule has 1 heterocycles. The maximum atomic E-state index is 2.45. The van der Waals surface area contributed by atoms with Gasteiger partial charge in [0.1, 0.15) is 0 Å². The van der Waals surface area contributed by atoms with Crippen LogP contribution in [-0.2, 0) is 0 Å². The van der Waals surface area contributed by atoms with Gasteiger partial charge in [0.2, 0.25) is 0 Å². The van der Waals surface area contributed by atoms with Crippen molar-refractivity contribution in [3.05, 3.63) is 71.8 Å². The van der Waals surface area contributed by atoms with E-state index >= 15 is 0 Å². The van der Waals surface area contributed by atoms with E-state index in [0.717, 1.165) is 0 Å². The van der Waals surface area contributed by atoms with E-state index in [2.05, 4.69) is 92.9 Å². The van der Waals surface area contributed by atoms with Gasteiger partial charge in [-0.05, 0) is 63.1 Å². The third-order valence-electron chi connectivity index (χ3n) is 4.86. The van der Waals surface area contributed by atoms with Crippen LogP contribution in [0.2, 0.25) is 0 Å². The Bertz CT molecular complexity index is 1030. The summed E-state index contributed by atoms with van der Waals surface area (Å²) in [5.41, 5.74) is 7.82. The quantitative estimate of drug-likeness (QED) is 0.390. The molecule has 0 N–H and O–H groups in total. The molecule has 0 saturated carbocycles. The lowest BCUT2D eigenvalue weighted by molar-refractivity contribution is 0.642. The molecule has 0 aliphatic rings. The van der Waals surface area contributed by atoms with Gasteiger partial charge in [0.15, 0.2) is 0 Å². The maximum Gasteiger partial charge on any atom is 0.0494 e. The van der Waals surface area contributed by atoms with Crippen molar-refractivity contribution < 1.29 is 0 Å². The Balaban J connectivity index is 2.04. The summed E-state index contributed by atoms with van der Waals surface area (Å²) in [4.78, 5) is 0. The minimum Gasteiger partial charge on any atom is -0.338 e. The van der Waals surface area contributed by atoms with E-state index in [1.54, 1.807) is 0 Å². The SMILES string of the molecule is Cc1ccc(-c2ccc3c(c2)c2cc(C)ccc2n3C(C)C)cc1. The summed E-state index contributed by atoms with van der Waals surface area (Å²) >= 11 is 0. The van der Waals surface area contributed by atoms with Crippen molar-refractivity contribution in [3.8, 4) is 11.1 Å². The molecule has 120 valence electrons. The second-order valence-electron chi connectivity index (χ2n) is 7.08. The van der Waals surface area contributed by atoms with Crippen molar-refractivity contribution in [3.63, 3.8) is 0 Å². The first-order valence-corrected chi connectivity index (χ1v) is 8.66. The Morgan fingerprint density at radius 2 is 1.17 bits per heavy atom. The lowest BCUT2D eigenvalue weighted by Crippen LogP contribution is -1.99. The molecule has 0 aliphatic carbocycles. The fourth-order valence-electron chi connectivity index (χ4n) is 3.65. The van der Waals surface area contributed by atoms with E-state index in [4.69, 9.17) is 0 Å². The van der Waals surface area contributed by atoms with Crippen LogP contribution in [0, 0.1) is 13.8 Å². The number of rotatable bonds is 2. The number of hydrogen-bond donors (Lipinski definition) is 0. The molecule has 0 fully saturated rings. The summed E-state index contributed by atoms with van der Waals surface area (Å²) in [5.74, 6) is 0. The summed E-state index contributed by atoms with van der Waals surface area (Å²) in [6, 6.07) is 22.9. The van der Waals surface area contributed by atoms with Gasteiger partial charge in [0.05, 0.1) is 0 Å². The highest BCUT2D eigenvalue weighted by atomic mass is 15.0. The van der Waals surface area contributed by atoms with Crippen molar-refractivity contribution in [2.75, 3.05) is 0 Å². The standard InChI is InChI=1S/C23H23N/c1-15(2)24-22-11-7-17(4)13-20(22)21-14-19(10-12-23(21)24)18-8-5-16(3)6-9-18/h5-15H,1-4H3. The predicted molar refractivity (Wildman–Crippen MR) is 105 cm³/mol. The van der Waals surface area contributed by atoms with Crippen LogP contribution < -0.4 is 0 Å². The smallest absolute Gasteiger partial charge is 0.0494 e. The third kappa shape index (κ3) is 2.32. The molecule has 3 aromatic carbocycles. The number of aromatic nitrogens is 1. The minimum absolute atomic E-state index is 0.443. The first kappa shape index (κ1) is 15.0. The van der Waals surface area contributed by atoms with Gasteiger partial charge in [-0.2, -0.15) is 0 Å². The Morgan fingerprint density at radius 1 is 0.625 bits per heavy atom. The van der Waals surface area contributed by atoms with E-state index in [-0.39, 0.29) is 0 Å². The zero-order valence-corrected chi connectivity index (χ0v) is 14.8. The fraction of sp³-hybridized carbons (Fsp3) is 0.217. The van der Waals surface area contributed by atoms with E-state index in [1.807, 2.05) is 0 Å². The lowest BCUT2D eigenvalue weighted by Gasteiger charge is -2.12. The van der Waals surface area contributed by atoms with E-state index in [0.29, 0.717) is 6.04 Å². The summed E-state index contributed by atoms with van der Waals surface area (Å²) in [6.45, 7) is 8.81. The Hall–Kier alpha value is -2.54. The number of hydrogen-bond acceptors (Lipinski definition) is 0.